The Labute approximate surface area is 187 Å². The Hall–Kier alpha value is -3.38. The number of piperidine rings is 1. The van der Waals surface area contributed by atoms with Gasteiger partial charge in [0.15, 0.2) is 6.61 Å². The molecule has 33 heavy (non-hydrogen) atoms. The second-order valence-electron chi connectivity index (χ2n) is 8.41. The third-order valence-corrected chi connectivity index (χ3v) is 4.55. The number of carbonyl (C=O) groups excluding carboxylic acids is 3. The molecule has 1 aliphatic heterocycles. The standard InChI is InChI=1S/C20H24F3N3O7/c1-19(2,3)33-18(29)25-8-4-5-12(10-25)17(28)32-11-16(27)24-15-7-6-13(26(30)31)9-14(15)20(21,22)23/h6-7,9,12H,4-5,8,10-11H2,1-3H3,(H,24,27). The molecular weight excluding hydrogens is 451 g/mol. The summed E-state index contributed by atoms with van der Waals surface area (Å²) in [7, 11) is 0. The van der Waals surface area contributed by atoms with Gasteiger partial charge in [0, 0.05) is 25.2 Å². The summed E-state index contributed by atoms with van der Waals surface area (Å²) < 4.78 is 49.8. The van der Waals surface area contributed by atoms with Gasteiger partial charge in [-0.05, 0) is 39.7 Å². The van der Waals surface area contributed by atoms with E-state index in [1.54, 1.807) is 20.8 Å². The summed E-state index contributed by atoms with van der Waals surface area (Å²) in [6.45, 7) is 4.66. The summed E-state index contributed by atoms with van der Waals surface area (Å²) in [5.74, 6) is -2.55. The largest absolute Gasteiger partial charge is 0.455 e. The van der Waals surface area contributed by atoms with Crippen molar-refractivity contribution in [3.8, 4) is 0 Å². The van der Waals surface area contributed by atoms with Crippen molar-refractivity contribution < 1.29 is 42.0 Å². The molecule has 1 aliphatic rings. The van der Waals surface area contributed by atoms with Crippen LogP contribution in [0.4, 0.5) is 29.3 Å². The lowest BCUT2D eigenvalue weighted by atomic mass is 9.98. The quantitative estimate of drug-likeness (QED) is 0.390. The molecular formula is C20H24F3N3O7. The summed E-state index contributed by atoms with van der Waals surface area (Å²) >= 11 is 0. The van der Waals surface area contributed by atoms with Crippen LogP contribution >= 0.6 is 0 Å². The molecule has 1 heterocycles. The van der Waals surface area contributed by atoms with Crippen LogP contribution in [-0.4, -0.2) is 53.1 Å². The van der Waals surface area contributed by atoms with Gasteiger partial charge in [0.1, 0.15) is 5.60 Å². The number of nitro benzene ring substituents is 1. The Bertz CT molecular complexity index is 928. The van der Waals surface area contributed by atoms with Gasteiger partial charge in [0.25, 0.3) is 11.6 Å². The van der Waals surface area contributed by atoms with Crippen LogP contribution in [0.2, 0.25) is 0 Å². The maximum Gasteiger partial charge on any atom is 0.418 e. The highest BCUT2D eigenvalue weighted by atomic mass is 19.4. The van der Waals surface area contributed by atoms with E-state index in [2.05, 4.69) is 0 Å². The molecule has 0 aromatic heterocycles. The topological polar surface area (TPSA) is 128 Å². The number of likely N-dealkylation sites (tertiary alicyclic amines) is 1. The van der Waals surface area contributed by atoms with Crippen LogP contribution in [0.5, 0.6) is 0 Å². The highest BCUT2D eigenvalue weighted by molar-refractivity contribution is 5.94. The lowest BCUT2D eigenvalue weighted by molar-refractivity contribution is -0.385. The van der Waals surface area contributed by atoms with Gasteiger partial charge >= 0.3 is 18.2 Å². The SMILES string of the molecule is CC(C)(C)OC(=O)N1CCCC(C(=O)OCC(=O)Nc2ccc([N+](=O)[O-])cc2C(F)(F)F)C1. The van der Waals surface area contributed by atoms with Crippen molar-refractivity contribution >= 4 is 29.3 Å². The maximum absolute atomic E-state index is 13.2. The first-order valence-corrected chi connectivity index (χ1v) is 9.97. The molecule has 2 amide bonds. The fourth-order valence-corrected chi connectivity index (χ4v) is 3.09. The molecule has 0 saturated carbocycles. The number of alkyl halides is 3. The summed E-state index contributed by atoms with van der Waals surface area (Å²) in [6.07, 6.45) is -4.64. The van der Waals surface area contributed by atoms with Gasteiger partial charge in [-0.2, -0.15) is 13.2 Å². The van der Waals surface area contributed by atoms with E-state index in [0.29, 0.717) is 25.5 Å². The Morgan fingerprint density at radius 3 is 2.48 bits per heavy atom. The molecule has 0 radical (unpaired) electrons. The van der Waals surface area contributed by atoms with Crippen LogP contribution in [0.1, 0.15) is 39.2 Å². The van der Waals surface area contributed by atoms with E-state index in [0.717, 1.165) is 12.1 Å². The first-order valence-electron chi connectivity index (χ1n) is 9.97. The van der Waals surface area contributed by atoms with Crippen molar-refractivity contribution in [3.05, 3.63) is 33.9 Å². The molecule has 1 N–H and O–H groups in total. The number of nitro groups is 1. The molecule has 0 aliphatic carbocycles. The highest BCUT2D eigenvalue weighted by Crippen LogP contribution is 2.37. The molecule has 1 fully saturated rings. The van der Waals surface area contributed by atoms with Crippen molar-refractivity contribution in [2.24, 2.45) is 5.92 Å². The molecule has 1 aromatic rings. The number of ether oxygens (including phenoxy) is 2. The predicted molar refractivity (Wildman–Crippen MR) is 108 cm³/mol. The van der Waals surface area contributed by atoms with Gasteiger partial charge in [0.2, 0.25) is 0 Å². The van der Waals surface area contributed by atoms with E-state index in [9.17, 15) is 37.7 Å². The monoisotopic (exact) mass is 475 g/mol. The Kier molecular flexibility index (Phi) is 7.88. The number of hydrogen-bond donors (Lipinski definition) is 1. The molecule has 0 bridgehead atoms. The molecule has 1 aromatic carbocycles. The second-order valence-corrected chi connectivity index (χ2v) is 8.41. The zero-order valence-electron chi connectivity index (χ0n) is 18.2. The molecule has 182 valence electrons. The van der Waals surface area contributed by atoms with E-state index in [1.807, 2.05) is 5.32 Å². The van der Waals surface area contributed by atoms with Crippen molar-refractivity contribution in [2.75, 3.05) is 25.0 Å². The number of non-ortho nitro benzene ring substituents is 1. The average Bonchev–Trinajstić information content (AvgIpc) is 2.70. The molecule has 2 rings (SSSR count). The minimum Gasteiger partial charge on any atom is -0.455 e. The number of esters is 1. The van der Waals surface area contributed by atoms with E-state index in [-0.39, 0.29) is 6.54 Å². The third-order valence-electron chi connectivity index (χ3n) is 4.55. The van der Waals surface area contributed by atoms with Gasteiger partial charge in [-0.1, -0.05) is 0 Å². The average molecular weight is 475 g/mol. The van der Waals surface area contributed by atoms with Crippen LogP contribution in [0.15, 0.2) is 18.2 Å². The fourth-order valence-electron chi connectivity index (χ4n) is 3.09. The van der Waals surface area contributed by atoms with Crippen LogP contribution in [0.25, 0.3) is 0 Å². The van der Waals surface area contributed by atoms with E-state index in [4.69, 9.17) is 9.47 Å². The number of halogens is 3. The van der Waals surface area contributed by atoms with Crippen LogP contribution in [-0.2, 0) is 25.2 Å². The molecule has 1 saturated heterocycles. The number of nitrogens with one attached hydrogen (secondary N) is 1. The maximum atomic E-state index is 13.2. The minimum absolute atomic E-state index is 0.0238. The summed E-state index contributed by atoms with van der Waals surface area (Å²) in [5, 5.41) is 12.7. The number of nitrogens with zero attached hydrogens (tertiary/aromatic N) is 2. The van der Waals surface area contributed by atoms with Crippen LogP contribution < -0.4 is 5.32 Å². The van der Waals surface area contributed by atoms with E-state index >= 15 is 0 Å². The third kappa shape index (κ3) is 7.61. The molecule has 10 nitrogen and oxygen atoms in total. The smallest absolute Gasteiger partial charge is 0.418 e. The van der Waals surface area contributed by atoms with Crippen molar-refractivity contribution in [3.63, 3.8) is 0 Å². The van der Waals surface area contributed by atoms with E-state index in [1.165, 1.54) is 4.90 Å². The van der Waals surface area contributed by atoms with Gasteiger partial charge < -0.3 is 19.7 Å². The van der Waals surface area contributed by atoms with Gasteiger partial charge in [-0.3, -0.25) is 19.7 Å². The first kappa shape index (κ1) is 25.9. The van der Waals surface area contributed by atoms with Crippen molar-refractivity contribution in [1.29, 1.82) is 0 Å². The van der Waals surface area contributed by atoms with Crippen LogP contribution in [0, 0.1) is 16.0 Å². The first-order chi connectivity index (χ1) is 15.2. The molecule has 1 atom stereocenters. The number of hydrogen-bond acceptors (Lipinski definition) is 7. The lowest BCUT2D eigenvalue weighted by Crippen LogP contribution is -2.45. The molecule has 13 heteroatoms. The number of rotatable bonds is 5. The van der Waals surface area contributed by atoms with E-state index < -0.39 is 64.1 Å². The van der Waals surface area contributed by atoms with Gasteiger partial charge in [0.05, 0.1) is 22.1 Å². The number of benzene rings is 1. The second kappa shape index (κ2) is 10.0. The fraction of sp³-hybridized carbons (Fsp3) is 0.550. The highest BCUT2D eigenvalue weighted by Gasteiger charge is 2.36. The van der Waals surface area contributed by atoms with Crippen LogP contribution in [0.3, 0.4) is 0 Å². The number of amides is 2. The number of anilines is 1. The zero-order valence-corrected chi connectivity index (χ0v) is 18.2. The minimum atomic E-state index is -4.96. The summed E-state index contributed by atoms with van der Waals surface area (Å²) in [4.78, 5) is 47.7. The number of carbonyl (C=O) groups is 3. The zero-order chi connectivity index (χ0) is 25.0. The summed E-state index contributed by atoms with van der Waals surface area (Å²) in [5.41, 5.74) is -3.62. The van der Waals surface area contributed by atoms with Crippen molar-refractivity contribution in [2.45, 2.75) is 45.4 Å². The summed E-state index contributed by atoms with van der Waals surface area (Å²) in [6, 6.07) is 1.86. The van der Waals surface area contributed by atoms with Gasteiger partial charge in [-0.25, -0.2) is 4.79 Å². The van der Waals surface area contributed by atoms with Gasteiger partial charge in [-0.15, -0.1) is 0 Å². The Morgan fingerprint density at radius 2 is 1.91 bits per heavy atom. The molecule has 0 spiro atoms. The molecule has 1 unspecified atom stereocenters. The lowest BCUT2D eigenvalue weighted by Gasteiger charge is -2.33. The normalized spacial score (nSPS) is 16.7. The predicted octanol–water partition coefficient (Wildman–Crippen LogP) is 3.74. The Balaban J connectivity index is 1.96. The van der Waals surface area contributed by atoms with Crippen molar-refractivity contribution in [1.82, 2.24) is 4.90 Å². The Morgan fingerprint density at radius 1 is 1.24 bits per heavy atom.